The van der Waals surface area contributed by atoms with E-state index in [2.05, 4.69) is 4.99 Å². The third-order valence-electron chi connectivity index (χ3n) is 2.99. The predicted octanol–water partition coefficient (Wildman–Crippen LogP) is 4.15. The van der Waals surface area contributed by atoms with Crippen molar-refractivity contribution >= 4 is 45.7 Å². The van der Waals surface area contributed by atoms with Crippen molar-refractivity contribution in [3.05, 3.63) is 28.3 Å². The quantitative estimate of drug-likeness (QED) is 0.724. The van der Waals surface area contributed by atoms with Gasteiger partial charge in [0.25, 0.3) is 0 Å². The van der Waals surface area contributed by atoms with Gasteiger partial charge in [-0.25, -0.2) is 4.99 Å². The lowest BCUT2D eigenvalue weighted by Gasteiger charge is -2.23. The number of carbonyl (C=O) groups excluding carboxylic acids is 2. The van der Waals surface area contributed by atoms with E-state index in [4.69, 9.17) is 11.6 Å². The molecule has 0 aromatic heterocycles. The molecule has 0 saturated carbocycles. The fraction of sp³-hybridized carbons (Fsp3) is 0.308. The second-order valence-corrected chi connectivity index (χ2v) is 5.67. The molecule has 0 N–H and O–H groups in total. The van der Waals surface area contributed by atoms with Crippen molar-refractivity contribution in [3.63, 3.8) is 0 Å². The Balaban J connectivity index is 2.77. The summed E-state index contributed by atoms with van der Waals surface area (Å²) in [6.07, 6.45) is -3.14. The number of thioether (sulfide) groups is 1. The molecule has 0 saturated heterocycles. The van der Waals surface area contributed by atoms with E-state index < -0.39 is 34.9 Å². The highest BCUT2D eigenvalue weighted by molar-refractivity contribution is 8.13. The second kappa shape index (κ2) is 5.46. The molecule has 1 aromatic rings. The highest BCUT2D eigenvalue weighted by atomic mass is 35.5. The maximum Gasteiger partial charge on any atom is 0.418 e. The van der Waals surface area contributed by atoms with Crippen molar-refractivity contribution in [2.45, 2.75) is 13.1 Å². The molecule has 0 spiro atoms. The summed E-state index contributed by atoms with van der Waals surface area (Å²) in [5, 5.41) is -0.160. The summed E-state index contributed by atoms with van der Waals surface area (Å²) in [7, 11) is 0. The summed E-state index contributed by atoms with van der Waals surface area (Å²) in [6.45, 7) is 1.20. The van der Waals surface area contributed by atoms with Gasteiger partial charge < -0.3 is 0 Å². The van der Waals surface area contributed by atoms with Crippen LogP contribution in [0.15, 0.2) is 17.1 Å². The standard InChI is InChI=1S/C13H9ClF3NO2S/c1-5(19)9-11(20)7-3-6(14)4-8(13(15,16)17)10(7)18-12(9)21-2/h3-4,9H,1-2H3. The summed E-state index contributed by atoms with van der Waals surface area (Å²) in [5.74, 6) is -2.33. The Labute approximate surface area is 127 Å². The molecule has 1 unspecified atom stereocenters. The van der Waals surface area contributed by atoms with Crippen LogP contribution in [-0.4, -0.2) is 22.9 Å². The molecule has 1 aliphatic heterocycles. The fourth-order valence-corrected chi connectivity index (χ4v) is 3.00. The Kier molecular flexibility index (Phi) is 4.17. The molecular formula is C13H9ClF3NO2S. The van der Waals surface area contributed by atoms with Crippen LogP contribution in [0.25, 0.3) is 0 Å². The van der Waals surface area contributed by atoms with E-state index >= 15 is 0 Å². The van der Waals surface area contributed by atoms with Crippen LogP contribution in [-0.2, 0) is 11.0 Å². The SMILES string of the molecule is CSC1=Nc2c(cc(Cl)cc2C(F)(F)F)C(=O)C1C(C)=O. The van der Waals surface area contributed by atoms with Gasteiger partial charge in [-0.05, 0) is 25.3 Å². The van der Waals surface area contributed by atoms with Gasteiger partial charge in [0, 0.05) is 10.6 Å². The first-order valence-electron chi connectivity index (χ1n) is 5.74. The summed E-state index contributed by atoms with van der Waals surface area (Å²) >= 11 is 6.64. The molecule has 3 nitrogen and oxygen atoms in total. The topological polar surface area (TPSA) is 46.5 Å². The molecule has 0 aliphatic carbocycles. The second-order valence-electron chi connectivity index (χ2n) is 4.41. The van der Waals surface area contributed by atoms with Gasteiger partial charge in [-0.1, -0.05) is 11.6 Å². The largest absolute Gasteiger partial charge is 0.418 e. The Hall–Kier alpha value is -1.34. The summed E-state index contributed by atoms with van der Waals surface area (Å²) < 4.78 is 39.2. The van der Waals surface area contributed by atoms with E-state index in [1.807, 2.05) is 0 Å². The maximum atomic E-state index is 13.1. The lowest BCUT2D eigenvalue weighted by molar-refractivity contribution is -0.137. The molecule has 0 radical (unpaired) electrons. The Bertz CT molecular complexity index is 670. The third-order valence-corrected chi connectivity index (χ3v) is 3.96. The minimum atomic E-state index is -4.69. The zero-order valence-corrected chi connectivity index (χ0v) is 12.5. The van der Waals surface area contributed by atoms with Gasteiger partial charge in [0.15, 0.2) is 5.78 Å². The van der Waals surface area contributed by atoms with Crippen LogP contribution in [0.2, 0.25) is 5.02 Å². The van der Waals surface area contributed by atoms with E-state index in [1.54, 1.807) is 6.26 Å². The van der Waals surface area contributed by atoms with Crippen molar-refractivity contribution in [1.29, 1.82) is 0 Å². The smallest absolute Gasteiger partial charge is 0.299 e. The van der Waals surface area contributed by atoms with Gasteiger partial charge >= 0.3 is 6.18 Å². The van der Waals surface area contributed by atoms with E-state index in [0.717, 1.165) is 23.9 Å². The normalized spacial score (nSPS) is 18.3. The number of ketones is 2. The van der Waals surface area contributed by atoms with Gasteiger partial charge in [0.1, 0.15) is 11.7 Å². The van der Waals surface area contributed by atoms with Crippen molar-refractivity contribution in [2.24, 2.45) is 10.9 Å². The van der Waals surface area contributed by atoms with Crippen LogP contribution in [0.4, 0.5) is 18.9 Å². The molecule has 1 heterocycles. The van der Waals surface area contributed by atoms with Crippen molar-refractivity contribution in [1.82, 2.24) is 0 Å². The van der Waals surface area contributed by atoms with Crippen molar-refractivity contribution in [3.8, 4) is 0 Å². The van der Waals surface area contributed by atoms with E-state index in [9.17, 15) is 22.8 Å². The lowest BCUT2D eigenvalue weighted by atomic mass is 9.90. The molecule has 1 atom stereocenters. The van der Waals surface area contributed by atoms with E-state index in [-0.39, 0.29) is 15.6 Å². The third kappa shape index (κ3) is 2.85. The minimum Gasteiger partial charge on any atom is -0.299 e. The molecule has 1 aliphatic rings. The molecule has 112 valence electrons. The monoisotopic (exact) mass is 335 g/mol. The highest BCUT2D eigenvalue weighted by Crippen LogP contribution is 2.43. The molecular weight excluding hydrogens is 327 g/mol. The molecule has 1 aromatic carbocycles. The van der Waals surface area contributed by atoms with Gasteiger partial charge in [-0.3, -0.25) is 9.59 Å². The number of aliphatic imine (C=N–C) groups is 1. The van der Waals surface area contributed by atoms with E-state index in [1.165, 1.54) is 6.92 Å². The number of halogens is 4. The number of Topliss-reactive ketones (excluding diaryl/α,β-unsaturated/α-hetero) is 2. The molecule has 0 fully saturated rings. The highest BCUT2D eigenvalue weighted by Gasteiger charge is 2.41. The lowest BCUT2D eigenvalue weighted by Crippen LogP contribution is -2.32. The van der Waals surface area contributed by atoms with Gasteiger partial charge in [-0.2, -0.15) is 13.2 Å². The minimum absolute atomic E-state index is 0.0628. The van der Waals surface area contributed by atoms with Crippen molar-refractivity contribution in [2.75, 3.05) is 6.26 Å². The van der Waals surface area contributed by atoms with Gasteiger partial charge in [-0.15, -0.1) is 11.8 Å². The average Bonchev–Trinajstić information content (AvgIpc) is 2.36. The van der Waals surface area contributed by atoms with Crippen LogP contribution >= 0.6 is 23.4 Å². The van der Waals surface area contributed by atoms with Gasteiger partial charge in [0.05, 0.1) is 16.3 Å². The number of carbonyl (C=O) groups is 2. The van der Waals surface area contributed by atoms with Crippen LogP contribution in [0.3, 0.4) is 0 Å². The number of benzene rings is 1. The van der Waals surface area contributed by atoms with Crippen LogP contribution < -0.4 is 0 Å². The number of rotatable bonds is 1. The average molecular weight is 336 g/mol. The molecule has 21 heavy (non-hydrogen) atoms. The maximum absolute atomic E-state index is 13.1. The molecule has 2 rings (SSSR count). The molecule has 0 amide bonds. The Morgan fingerprint density at radius 1 is 1.38 bits per heavy atom. The summed E-state index contributed by atoms with van der Waals surface area (Å²) in [6, 6.07) is 1.84. The summed E-state index contributed by atoms with van der Waals surface area (Å²) in [4.78, 5) is 27.8. The predicted molar refractivity (Wildman–Crippen MR) is 75.6 cm³/mol. The van der Waals surface area contributed by atoms with Crippen LogP contribution in [0.5, 0.6) is 0 Å². The number of hydrogen-bond donors (Lipinski definition) is 0. The Morgan fingerprint density at radius 2 is 2.00 bits per heavy atom. The van der Waals surface area contributed by atoms with Gasteiger partial charge in [0.2, 0.25) is 0 Å². The Morgan fingerprint density at radius 3 is 2.48 bits per heavy atom. The first kappa shape index (κ1) is 16.0. The zero-order chi connectivity index (χ0) is 15.9. The van der Waals surface area contributed by atoms with E-state index in [0.29, 0.717) is 0 Å². The number of nitrogens with zero attached hydrogens (tertiary/aromatic N) is 1. The number of hydrogen-bond acceptors (Lipinski definition) is 4. The van der Waals surface area contributed by atoms with Crippen molar-refractivity contribution < 1.29 is 22.8 Å². The molecule has 8 heteroatoms. The fourth-order valence-electron chi connectivity index (χ4n) is 2.09. The number of alkyl halides is 3. The first-order valence-corrected chi connectivity index (χ1v) is 7.35. The first-order chi connectivity index (χ1) is 9.66. The zero-order valence-electron chi connectivity index (χ0n) is 10.9. The molecule has 0 bridgehead atoms. The summed E-state index contributed by atoms with van der Waals surface area (Å²) in [5.41, 5.74) is -1.82. The van der Waals surface area contributed by atoms with Crippen LogP contribution in [0.1, 0.15) is 22.8 Å². The number of fused-ring (bicyclic) bond motifs is 1. The van der Waals surface area contributed by atoms with Crippen LogP contribution in [0, 0.1) is 5.92 Å².